The van der Waals surface area contributed by atoms with Gasteiger partial charge in [-0.05, 0) is 12.5 Å². The van der Waals surface area contributed by atoms with E-state index in [1.165, 1.54) is 6.07 Å². The Labute approximate surface area is 105 Å². The first-order valence-corrected chi connectivity index (χ1v) is 5.85. The van der Waals surface area contributed by atoms with Crippen molar-refractivity contribution in [3.05, 3.63) is 33.9 Å². The standard InChI is InChI=1S/C12H16N2O4/c1-9-2-3-10(14(15)16)6-12(9)13-7-11-8-17-4-5-18-11/h2-3,6,11,13H,4-5,7-8H2,1H3. The van der Waals surface area contributed by atoms with Crippen molar-refractivity contribution in [1.29, 1.82) is 0 Å². The van der Waals surface area contributed by atoms with Gasteiger partial charge >= 0.3 is 0 Å². The summed E-state index contributed by atoms with van der Waals surface area (Å²) < 4.78 is 10.8. The fourth-order valence-corrected chi connectivity index (χ4v) is 1.79. The minimum absolute atomic E-state index is 0.00240. The lowest BCUT2D eigenvalue weighted by Gasteiger charge is -2.23. The third-order valence-electron chi connectivity index (χ3n) is 2.84. The third-order valence-corrected chi connectivity index (χ3v) is 2.84. The van der Waals surface area contributed by atoms with Gasteiger partial charge in [0.25, 0.3) is 5.69 Å². The molecule has 6 heteroatoms. The van der Waals surface area contributed by atoms with E-state index in [1.807, 2.05) is 6.92 Å². The molecule has 0 saturated carbocycles. The van der Waals surface area contributed by atoms with Gasteiger partial charge in [0.1, 0.15) is 0 Å². The molecule has 0 amide bonds. The topological polar surface area (TPSA) is 73.6 Å². The number of hydrogen-bond donors (Lipinski definition) is 1. The Morgan fingerprint density at radius 3 is 3.00 bits per heavy atom. The third kappa shape index (κ3) is 3.18. The van der Waals surface area contributed by atoms with E-state index >= 15 is 0 Å². The average Bonchev–Trinajstić information content (AvgIpc) is 2.38. The summed E-state index contributed by atoms with van der Waals surface area (Å²) in [6.45, 7) is 4.28. The van der Waals surface area contributed by atoms with Crippen molar-refractivity contribution in [2.45, 2.75) is 13.0 Å². The van der Waals surface area contributed by atoms with E-state index in [0.29, 0.717) is 26.4 Å². The Kier molecular flexibility index (Phi) is 4.11. The van der Waals surface area contributed by atoms with Crippen LogP contribution < -0.4 is 5.32 Å². The van der Waals surface area contributed by atoms with Crippen LogP contribution in [0.25, 0.3) is 0 Å². The number of hydrogen-bond acceptors (Lipinski definition) is 5. The molecule has 1 aromatic rings. The Balaban J connectivity index is 1.99. The summed E-state index contributed by atoms with van der Waals surface area (Å²) >= 11 is 0. The van der Waals surface area contributed by atoms with Crippen molar-refractivity contribution in [3.8, 4) is 0 Å². The molecule has 1 unspecified atom stereocenters. The van der Waals surface area contributed by atoms with Gasteiger partial charge in [-0.1, -0.05) is 6.07 Å². The Morgan fingerprint density at radius 2 is 2.33 bits per heavy atom. The van der Waals surface area contributed by atoms with Crippen molar-refractivity contribution in [2.75, 3.05) is 31.7 Å². The molecule has 1 aliphatic rings. The van der Waals surface area contributed by atoms with Crippen molar-refractivity contribution in [3.63, 3.8) is 0 Å². The van der Waals surface area contributed by atoms with Crippen LogP contribution in [0.4, 0.5) is 11.4 Å². The van der Waals surface area contributed by atoms with Crippen molar-refractivity contribution in [2.24, 2.45) is 0 Å². The van der Waals surface area contributed by atoms with Crippen LogP contribution in [0.15, 0.2) is 18.2 Å². The number of nitro groups is 1. The lowest BCUT2D eigenvalue weighted by Crippen LogP contribution is -2.34. The summed E-state index contributed by atoms with van der Waals surface area (Å²) in [5.41, 5.74) is 1.82. The normalized spacial score (nSPS) is 19.5. The number of non-ortho nitro benzene ring substituents is 1. The second-order valence-electron chi connectivity index (χ2n) is 4.20. The number of rotatable bonds is 4. The molecule has 1 atom stereocenters. The lowest BCUT2D eigenvalue weighted by molar-refractivity contribution is -0.384. The molecule has 1 aliphatic heterocycles. The number of nitro benzene ring substituents is 1. The molecule has 0 radical (unpaired) electrons. The van der Waals surface area contributed by atoms with E-state index in [4.69, 9.17) is 9.47 Å². The van der Waals surface area contributed by atoms with Gasteiger partial charge in [0.2, 0.25) is 0 Å². The smallest absolute Gasteiger partial charge is 0.271 e. The van der Waals surface area contributed by atoms with Gasteiger partial charge in [-0.25, -0.2) is 0 Å². The quantitative estimate of drug-likeness (QED) is 0.652. The highest BCUT2D eigenvalue weighted by Crippen LogP contribution is 2.21. The van der Waals surface area contributed by atoms with E-state index in [9.17, 15) is 10.1 Å². The maximum absolute atomic E-state index is 10.7. The van der Waals surface area contributed by atoms with E-state index in [0.717, 1.165) is 11.3 Å². The van der Waals surface area contributed by atoms with Crippen LogP contribution in [0, 0.1) is 17.0 Å². The Hall–Kier alpha value is -1.66. The maximum Gasteiger partial charge on any atom is 0.271 e. The van der Waals surface area contributed by atoms with E-state index in [1.54, 1.807) is 12.1 Å². The first kappa shape index (κ1) is 12.8. The van der Waals surface area contributed by atoms with Gasteiger partial charge in [0.05, 0.1) is 30.8 Å². The minimum Gasteiger partial charge on any atom is -0.382 e. The molecule has 1 saturated heterocycles. The molecule has 6 nitrogen and oxygen atoms in total. The molecule has 0 spiro atoms. The van der Waals surface area contributed by atoms with Crippen molar-refractivity contribution < 1.29 is 14.4 Å². The van der Waals surface area contributed by atoms with Crippen LogP contribution >= 0.6 is 0 Å². The van der Waals surface area contributed by atoms with Crippen LogP contribution in [0.5, 0.6) is 0 Å². The molecular weight excluding hydrogens is 236 g/mol. The highest BCUT2D eigenvalue weighted by atomic mass is 16.6. The summed E-state index contributed by atoms with van der Waals surface area (Å²) in [5.74, 6) is 0. The van der Waals surface area contributed by atoms with Gasteiger partial charge in [0.15, 0.2) is 0 Å². The Bertz CT molecular complexity index is 430. The molecule has 0 bridgehead atoms. The zero-order chi connectivity index (χ0) is 13.0. The summed E-state index contributed by atoms with van der Waals surface area (Å²) in [5, 5.41) is 13.9. The fourth-order valence-electron chi connectivity index (χ4n) is 1.79. The van der Waals surface area contributed by atoms with Gasteiger partial charge in [0, 0.05) is 24.4 Å². The largest absolute Gasteiger partial charge is 0.382 e. The lowest BCUT2D eigenvalue weighted by atomic mass is 10.1. The summed E-state index contributed by atoms with van der Waals surface area (Å²) in [7, 11) is 0. The number of nitrogens with zero attached hydrogens (tertiary/aromatic N) is 1. The second kappa shape index (κ2) is 5.79. The van der Waals surface area contributed by atoms with Gasteiger partial charge in [-0.3, -0.25) is 10.1 Å². The molecule has 0 aliphatic carbocycles. The zero-order valence-corrected chi connectivity index (χ0v) is 10.2. The van der Waals surface area contributed by atoms with E-state index in [-0.39, 0.29) is 11.8 Å². The molecule has 1 heterocycles. The van der Waals surface area contributed by atoms with Crippen LogP contribution in [-0.4, -0.2) is 37.4 Å². The number of nitrogens with one attached hydrogen (secondary N) is 1. The van der Waals surface area contributed by atoms with Crippen LogP contribution in [0.1, 0.15) is 5.56 Å². The average molecular weight is 252 g/mol. The van der Waals surface area contributed by atoms with Crippen molar-refractivity contribution >= 4 is 11.4 Å². The first-order chi connectivity index (χ1) is 8.66. The summed E-state index contributed by atoms with van der Waals surface area (Å²) in [6.07, 6.45) is -0.00240. The number of anilines is 1. The highest BCUT2D eigenvalue weighted by molar-refractivity contribution is 5.56. The van der Waals surface area contributed by atoms with Gasteiger partial charge in [-0.2, -0.15) is 0 Å². The molecule has 98 valence electrons. The zero-order valence-electron chi connectivity index (χ0n) is 10.2. The number of aryl methyl sites for hydroxylation is 1. The maximum atomic E-state index is 10.7. The molecule has 1 aromatic carbocycles. The Morgan fingerprint density at radius 1 is 1.50 bits per heavy atom. The molecule has 18 heavy (non-hydrogen) atoms. The fraction of sp³-hybridized carbons (Fsp3) is 0.500. The molecular formula is C12H16N2O4. The minimum atomic E-state index is -0.398. The molecule has 1 N–H and O–H groups in total. The molecule has 1 fully saturated rings. The number of benzene rings is 1. The predicted molar refractivity (Wildman–Crippen MR) is 66.9 cm³/mol. The monoisotopic (exact) mass is 252 g/mol. The van der Waals surface area contributed by atoms with Crippen LogP contribution in [0.3, 0.4) is 0 Å². The predicted octanol–water partition coefficient (Wildman–Crippen LogP) is 1.73. The molecule has 2 rings (SSSR count). The van der Waals surface area contributed by atoms with Crippen LogP contribution in [0.2, 0.25) is 0 Å². The summed E-state index contributed by atoms with van der Waals surface area (Å²) in [6, 6.07) is 4.78. The van der Waals surface area contributed by atoms with Crippen molar-refractivity contribution in [1.82, 2.24) is 0 Å². The second-order valence-corrected chi connectivity index (χ2v) is 4.20. The first-order valence-electron chi connectivity index (χ1n) is 5.85. The highest BCUT2D eigenvalue weighted by Gasteiger charge is 2.15. The van der Waals surface area contributed by atoms with Gasteiger partial charge in [-0.15, -0.1) is 0 Å². The summed E-state index contributed by atoms with van der Waals surface area (Å²) in [4.78, 5) is 10.3. The molecule has 0 aromatic heterocycles. The van der Waals surface area contributed by atoms with Crippen LogP contribution in [-0.2, 0) is 9.47 Å². The SMILES string of the molecule is Cc1ccc([N+](=O)[O-])cc1NCC1COCCO1. The number of ether oxygens (including phenoxy) is 2. The van der Waals surface area contributed by atoms with E-state index < -0.39 is 4.92 Å². The van der Waals surface area contributed by atoms with Gasteiger partial charge < -0.3 is 14.8 Å². The van der Waals surface area contributed by atoms with E-state index in [2.05, 4.69) is 5.32 Å².